The summed E-state index contributed by atoms with van der Waals surface area (Å²) in [6.45, 7) is 0.604. The largest absolute Gasteiger partial charge is 0.494 e. The average molecular weight is 396 g/mol. The minimum absolute atomic E-state index is 0.199. The monoisotopic (exact) mass is 396 g/mol. The fraction of sp³-hybridized carbons (Fsp3) is 0.125. The van der Waals surface area contributed by atoms with E-state index in [1.165, 1.54) is 0 Å². The van der Waals surface area contributed by atoms with E-state index in [9.17, 15) is 5.11 Å². The van der Waals surface area contributed by atoms with Crippen LogP contribution >= 0.6 is 0 Å². The number of ether oxygens (including phenoxy) is 1. The van der Waals surface area contributed by atoms with Gasteiger partial charge in [-0.1, -0.05) is 24.3 Å². The molecule has 30 heavy (non-hydrogen) atoms. The lowest BCUT2D eigenvalue weighted by atomic mass is 10.0. The Labute approximate surface area is 173 Å². The van der Waals surface area contributed by atoms with Crippen LogP contribution in [0.25, 0.3) is 32.9 Å². The number of hydrogen-bond acceptors (Lipinski definition) is 5. The van der Waals surface area contributed by atoms with Gasteiger partial charge in [-0.3, -0.25) is 9.97 Å². The van der Waals surface area contributed by atoms with Crippen LogP contribution in [-0.2, 0) is 13.0 Å². The van der Waals surface area contributed by atoms with Gasteiger partial charge < -0.3 is 14.4 Å². The van der Waals surface area contributed by atoms with Gasteiger partial charge in [-0.2, -0.15) is 0 Å². The molecule has 0 aliphatic rings. The van der Waals surface area contributed by atoms with E-state index in [0.29, 0.717) is 18.8 Å². The van der Waals surface area contributed by atoms with Crippen molar-refractivity contribution in [1.82, 2.24) is 19.5 Å². The van der Waals surface area contributed by atoms with E-state index in [4.69, 9.17) is 9.72 Å². The van der Waals surface area contributed by atoms with E-state index >= 15 is 0 Å². The maximum absolute atomic E-state index is 11.0. The lowest BCUT2D eigenvalue weighted by molar-refractivity contribution is 0.398. The topological polar surface area (TPSA) is 73.1 Å². The highest BCUT2D eigenvalue weighted by Gasteiger charge is 2.15. The van der Waals surface area contributed by atoms with Crippen molar-refractivity contribution >= 4 is 21.8 Å². The summed E-state index contributed by atoms with van der Waals surface area (Å²) < 4.78 is 7.07. The molecule has 5 aromatic rings. The molecule has 6 heteroatoms. The SMILES string of the molecule is COc1cc(-c2ccnc3cn(CCc4ccc5ccccc5n4)c(O)c23)ccn1. The lowest BCUT2D eigenvalue weighted by Crippen LogP contribution is -2.01. The Bertz CT molecular complexity index is 1360. The van der Waals surface area contributed by atoms with Crippen molar-refractivity contribution < 1.29 is 9.84 Å². The Morgan fingerprint density at radius 3 is 2.73 bits per heavy atom. The molecule has 6 nitrogen and oxygen atoms in total. The second kappa shape index (κ2) is 7.48. The fourth-order valence-corrected chi connectivity index (χ4v) is 3.75. The fourth-order valence-electron chi connectivity index (χ4n) is 3.75. The number of rotatable bonds is 5. The first-order valence-electron chi connectivity index (χ1n) is 9.75. The highest BCUT2D eigenvalue weighted by atomic mass is 16.5. The zero-order chi connectivity index (χ0) is 20.5. The van der Waals surface area contributed by atoms with Crippen LogP contribution in [-0.4, -0.2) is 31.7 Å². The van der Waals surface area contributed by atoms with Gasteiger partial charge in [0.15, 0.2) is 0 Å². The van der Waals surface area contributed by atoms with Crippen LogP contribution in [0.15, 0.2) is 73.2 Å². The van der Waals surface area contributed by atoms with Crippen LogP contribution < -0.4 is 4.74 Å². The Hall–Kier alpha value is -3.93. The molecule has 1 N–H and O–H groups in total. The predicted molar refractivity (Wildman–Crippen MR) is 117 cm³/mol. The minimum Gasteiger partial charge on any atom is -0.494 e. The summed E-state index contributed by atoms with van der Waals surface area (Å²) in [6, 6.07) is 17.8. The number of hydrogen-bond donors (Lipinski definition) is 1. The average Bonchev–Trinajstić information content (AvgIpc) is 3.13. The number of methoxy groups -OCH3 is 1. The Morgan fingerprint density at radius 1 is 0.967 bits per heavy atom. The molecule has 148 valence electrons. The first-order chi connectivity index (χ1) is 14.7. The van der Waals surface area contributed by atoms with Crippen molar-refractivity contribution in [2.45, 2.75) is 13.0 Å². The van der Waals surface area contributed by atoms with Crippen LogP contribution in [0.1, 0.15) is 5.69 Å². The minimum atomic E-state index is 0.199. The molecule has 0 unspecified atom stereocenters. The number of fused-ring (bicyclic) bond motifs is 2. The maximum Gasteiger partial charge on any atom is 0.213 e. The normalized spacial score (nSPS) is 11.2. The van der Waals surface area contributed by atoms with Gasteiger partial charge in [-0.15, -0.1) is 0 Å². The molecule has 0 saturated carbocycles. The molecule has 0 fully saturated rings. The molecule has 0 aliphatic heterocycles. The summed E-state index contributed by atoms with van der Waals surface area (Å²) in [4.78, 5) is 13.3. The number of benzene rings is 1. The van der Waals surface area contributed by atoms with Gasteiger partial charge >= 0.3 is 0 Å². The molecule has 0 atom stereocenters. The summed E-state index contributed by atoms with van der Waals surface area (Å²) >= 11 is 0. The number of aromatic hydroxyl groups is 1. The quantitative estimate of drug-likeness (QED) is 0.470. The third kappa shape index (κ3) is 3.22. The first kappa shape index (κ1) is 18.1. The second-order valence-electron chi connectivity index (χ2n) is 7.10. The van der Waals surface area contributed by atoms with Gasteiger partial charge in [0.2, 0.25) is 11.8 Å². The molecular weight excluding hydrogens is 376 g/mol. The van der Waals surface area contributed by atoms with Crippen molar-refractivity contribution in [3.8, 4) is 22.9 Å². The summed E-state index contributed by atoms with van der Waals surface area (Å²) in [7, 11) is 1.59. The zero-order valence-corrected chi connectivity index (χ0v) is 16.5. The predicted octanol–water partition coefficient (Wildman–Crippen LogP) is 4.60. The van der Waals surface area contributed by atoms with Gasteiger partial charge in [0.1, 0.15) is 0 Å². The molecule has 0 spiro atoms. The summed E-state index contributed by atoms with van der Waals surface area (Å²) in [5.74, 6) is 0.725. The molecule has 0 radical (unpaired) electrons. The standard InChI is InChI=1S/C24H20N4O2/c1-30-22-14-17(8-11-26-22)19-9-12-25-21-15-28(24(29)23(19)21)13-10-18-7-6-16-4-2-3-5-20(16)27-18/h2-9,11-12,14-15,29H,10,13H2,1H3. The number of aryl methyl sites for hydroxylation is 2. The zero-order valence-electron chi connectivity index (χ0n) is 16.5. The van der Waals surface area contributed by atoms with Gasteiger partial charge in [-0.25, -0.2) is 4.98 Å². The van der Waals surface area contributed by atoms with Crippen molar-refractivity contribution in [1.29, 1.82) is 0 Å². The van der Waals surface area contributed by atoms with Crippen LogP contribution in [0.5, 0.6) is 11.8 Å². The van der Waals surface area contributed by atoms with Crippen LogP contribution in [0, 0.1) is 0 Å². The first-order valence-corrected chi connectivity index (χ1v) is 9.75. The molecule has 0 bridgehead atoms. The third-order valence-electron chi connectivity index (χ3n) is 5.27. The number of para-hydroxylation sites is 1. The van der Waals surface area contributed by atoms with Crippen LogP contribution in [0.3, 0.4) is 0 Å². The number of aromatic nitrogens is 4. The van der Waals surface area contributed by atoms with E-state index in [1.54, 1.807) is 19.5 Å². The van der Waals surface area contributed by atoms with Crippen molar-refractivity contribution in [3.05, 3.63) is 78.9 Å². The smallest absolute Gasteiger partial charge is 0.213 e. The molecule has 5 rings (SSSR count). The van der Waals surface area contributed by atoms with Gasteiger partial charge in [0.05, 0.1) is 23.5 Å². The number of pyridine rings is 3. The van der Waals surface area contributed by atoms with E-state index in [0.717, 1.165) is 38.6 Å². The molecule has 0 aliphatic carbocycles. The highest BCUT2D eigenvalue weighted by molar-refractivity contribution is 5.98. The van der Waals surface area contributed by atoms with E-state index in [2.05, 4.69) is 22.1 Å². The van der Waals surface area contributed by atoms with Crippen LogP contribution in [0.2, 0.25) is 0 Å². The lowest BCUT2D eigenvalue weighted by Gasteiger charge is -2.07. The maximum atomic E-state index is 11.0. The molecule has 4 aromatic heterocycles. The highest BCUT2D eigenvalue weighted by Crippen LogP contribution is 2.36. The Morgan fingerprint density at radius 2 is 1.83 bits per heavy atom. The summed E-state index contributed by atoms with van der Waals surface area (Å²) in [5.41, 5.74) is 4.51. The molecular formula is C24H20N4O2. The second-order valence-corrected chi connectivity index (χ2v) is 7.10. The Kier molecular flexibility index (Phi) is 4.52. The number of nitrogens with zero attached hydrogens (tertiary/aromatic N) is 4. The summed E-state index contributed by atoms with van der Waals surface area (Å²) in [6.07, 6.45) is 6.03. The van der Waals surface area contributed by atoms with E-state index in [-0.39, 0.29) is 5.88 Å². The van der Waals surface area contributed by atoms with E-state index < -0.39 is 0 Å². The van der Waals surface area contributed by atoms with Gasteiger partial charge in [0.25, 0.3) is 0 Å². The molecule has 0 saturated heterocycles. The molecule has 4 heterocycles. The molecule has 1 aromatic carbocycles. The van der Waals surface area contributed by atoms with Crippen molar-refractivity contribution in [2.24, 2.45) is 0 Å². The van der Waals surface area contributed by atoms with Crippen LogP contribution in [0.4, 0.5) is 0 Å². The van der Waals surface area contributed by atoms with Crippen molar-refractivity contribution in [2.75, 3.05) is 7.11 Å². The van der Waals surface area contributed by atoms with Gasteiger partial charge in [0, 0.05) is 48.7 Å². The van der Waals surface area contributed by atoms with E-state index in [1.807, 2.05) is 53.2 Å². The van der Waals surface area contributed by atoms with Crippen molar-refractivity contribution in [3.63, 3.8) is 0 Å². The van der Waals surface area contributed by atoms with Gasteiger partial charge in [-0.05, 0) is 35.4 Å². The molecule has 0 amide bonds. The third-order valence-corrected chi connectivity index (χ3v) is 5.27. The summed E-state index contributed by atoms with van der Waals surface area (Å²) in [5, 5.41) is 12.8. The Balaban J connectivity index is 1.48.